The SMILES string of the molecule is O[C@@H]1[C@H](O)CO[C@H]1c1nn(-c2ccccc2)c2nc3ccccc3nc12. The molecule has 0 saturated carbocycles. The molecule has 5 rings (SSSR count). The first kappa shape index (κ1) is 15.4. The van der Waals surface area contributed by atoms with Crippen LogP contribution in [0.15, 0.2) is 54.6 Å². The maximum Gasteiger partial charge on any atom is 0.182 e. The Morgan fingerprint density at radius 1 is 0.923 bits per heavy atom. The lowest BCUT2D eigenvalue weighted by molar-refractivity contribution is 0.0209. The Morgan fingerprint density at radius 3 is 2.31 bits per heavy atom. The highest BCUT2D eigenvalue weighted by atomic mass is 16.5. The molecule has 0 bridgehead atoms. The van der Waals surface area contributed by atoms with Crippen LogP contribution >= 0.6 is 0 Å². The van der Waals surface area contributed by atoms with Gasteiger partial charge < -0.3 is 14.9 Å². The predicted molar refractivity (Wildman–Crippen MR) is 94.9 cm³/mol. The van der Waals surface area contributed by atoms with Gasteiger partial charge in [-0.05, 0) is 24.3 Å². The first-order valence-electron chi connectivity index (χ1n) is 8.41. The third-order valence-electron chi connectivity index (χ3n) is 4.62. The Morgan fingerprint density at radius 2 is 1.62 bits per heavy atom. The predicted octanol–water partition coefficient (Wildman–Crippen LogP) is 1.76. The zero-order valence-corrected chi connectivity index (χ0v) is 13.7. The van der Waals surface area contributed by atoms with E-state index in [0.29, 0.717) is 16.9 Å². The molecule has 4 aromatic rings. The summed E-state index contributed by atoms with van der Waals surface area (Å²) in [5.41, 5.74) is 3.96. The number of benzene rings is 2. The summed E-state index contributed by atoms with van der Waals surface area (Å²) in [6.07, 6.45) is -2.73. The monoisotopic (exact) mass is 348 g/mol. The molecule has 7 heteroatoms. The van der Waals surface area contributed by atoms with Gasteiger partial charge in [-0.15, -0.1) is 0 Å². The van der Waals surface area contributed by atoms with Crippen molar-refractivity contribution in [2.45, 2.75) is 18.3 Å². The van der Waals surface area contributed by atoms with Crippen molar-refractivity contribution in [3.05, 3.63) is 60.3 Å². The number of fused-ring (bicyclic) bond motifs is 2. The van der Waals surface area contributed by atoms with Gasteiger partial charge >= 0.3 is 0 Å². The highest BCUT2D eigenvalue weighted by Crippen LogP contribution is 2.33. The molecule has 3 heterocycles. The van der Waals surface area contributed by atoms with Crippen LogP contribution in [0.5, 0.6) is 0 Å². The summed E-state index contributed by atoms with van der Waals surface area (Å²) in [6.45, 7) is 0.0620. The second-order valence-electron chi connectivity index (χ2n) is 6.33. The molecule has 0 radical (unpaired) electrons. The Balaban J connectivity index is 1.80. The topological polar surface area (TPSA) is 93.3 Å². The third kappa shape index (κ3) is 2.29. The second kappa shape index (κ2) is 5.84. The lowest BCUT2D eigenvalue weighted by atomic mass is 10.1. The molecule has 2 aromatic carbocycles. The molecule has 0 unspecified atom stereocenters. The lowest BCUT2D eigenvalue weighted by Crippen LogP contribution is -2.25. The van der Waals surface area contributed by atoms with Crippen LogP contribution in [0.1, 0.15) is 11.8 Å². The van der Waals surface area contributed by atoms with Crippen LogP contribution in [0, 0.1) is 0 Å². The summed E-state index contributed by atoms with van der Waals surface area (Å²) < 4.78 is 7.29. The van der Waals surface area contributed by atoms with E-state index in [4.69, 9.17) is 14.7 Å². The van der Waals surface area contributed by atoms with Gasteiger partial charge in [-0.2, -0.15) is 5.10 Å². The normalized spacial score (nSPS) is 23.1. The maximum absolute atomic E-state index is 10.3. The van der Waals surface area contributed by atoms with Gasteiger partial charge in [0.1, 0.15) is 29.5 Å². The fourth-order valence-electron chi connectivity index (χ4n) is 3.30. The fraction of sp³-hybridized carbons (Fsp3) is 0.211. The Bertz CT molecular complexity index is 1100. The van der Waals surface area contributed by atoms with E-state index in [9.17, 15) is 10.2 Å². The van der Waals surface area contributed by atoms with E-state index in [1.807, 2.05) is 54.6 Å². The highest BCUT2D eigenvalue weighted by Gasteiger charge is 2.39. The van der Waals surface area contributed by atoms with Crippen molar-refractivity contribution in [3.63, 3.8) is 0 Å². The van der Waals surface area contributed by atoms with Crippen LogP contribution in [0.25, 0.3) is 27.9 Å². The zero-order valence-electron chi connectivity index (χ0n) is 13.7. The summed E-state index contributed by atoms with van der Waals surface area (Å²) in [4.78, 5) is 9.44. The van der Waals surface area contributed by atoms with Crippen LogP contribution in [-0.2, 0) is 4.74 Å². The van der Waals surface area contributed by atoms with E-state index in [1.165, 1.54) is 0 Å². The number of aromatic nitrogens is 4. The van der Waals surface area contributed by atoms with Gasteiger partial charge in [0.25, 0.3) is 0 Å². The summed E-state index contributed by atoms with van der Waals surface area (Å²) in [5, 5.41) is 24.8. The molecule has 1 aliphatic heterocycles. The fourth-order valence-corrected chi connectivity index (χ4v) is 3.30. The molecule has 7 nitrogen and oxygen atoms in total. The number of para-hydroxylation sites is 3. The minimum atomic E-state index is -1.05. The van der Waals surface area contributed by atoms with Crippen LogP contribution in [-0.4, -0.2) is 48.8 Å². The number of ether oxygens (including phenoxy) is 1. The van der Waals surface area contributed by atoms with Crippen LogP contribution in [0.2, 0.25) is 0 Å². The average molecular weight is 348 g/mol. The highest BCUT2D eigenvalue weighted by molar-refractivity contribution is 5.86. The molecule has 2 N–H and O–H groups in total. The molecule has 0 amide bonds. The average Bonchev–Trinajstić information content (AvgIpc) is 3.21. The number of nitrogens with zero attached hydrogens (tertiary/aromatic N) is 4. The number of rotatable bonds is 2. The summed E-state index contributed by atoms with van der Waals surface area (Å²) in [7, 11) is 0. The number of hydrogen-bond donors (Lipinski definition) is 2. The van der Waals surface area contributed by atoms with E-state index in [0.717, 1.165) is 16.7 Å². The molecule has 26 heavy (non-hydrogen) atoms. The number of aliphatic hydroxyl groups is 2. The summed E-state index contributed by atoms with van der Waals surface area (Å²) in [5.74, 6) is 0. The Labute approximate surface area is 148 Å². The van der Waals surface area contributed by atoms with Gasteiger partial charge in [0.05, 0.1) is 23.3 Å². The van der Waals surface area contributed by atoms with E-state index >= 15 is 0 Å². The molecular formula is C19H16N4O3. The van der Waals surface area contributed by atoms with Crippen LogP contribution in [0.4, 0.5) is 0 Å². The lowest BCUT2D eigenvalue weighted by Gasteiger charge is -2.12. The van der Waals surface area contributed by atoms with Gasteiger partial charge in [-0.1, -0.05) is 30.3 Å². The molecule has 3 atom stereocenters. The first-order chi connectivity index (χ1) is 12.7. The molecular weight excluding hydrogens is 332 g/mol. The van der Waals surface area contributed by atoms with E-state index in [2.05, 4.69) is 5.10 Å². The van der Waals surface area contributed by atoms with Crippen molar-refractivity contribution >= 4 is 22.2 Å². The summed E-state index contributed by atoms with van der Waals surface area (Å²) >= 11 is 0. The molecule has 2 aromatic heterocycles. The van der Waals surface area contributed by atoms with E-state index in [-0.39, 0.29) is 6.61 Å². The van der Waals surface area contributed by atoms with Crippen molar-refractivity contribution in [2.24, 2.45) is 0 Å². The Kier molecular flexibility index (Phi) is 3.46. The van der Waals surface area contributed by atoms with Gasteiger partial charge in [0, 0.05) is 0 Å². The van der Waals surface area contributed by atoms with Crippen molar-refractivity contribution in [1.82, 2.24) is 19.7 Å². The minimum Gasteiger partial charge on any atom is -0.388 e. The molecule has 1 fully saturated rings. The number of aliphatic hydroxyl groups excluding tert-OH is 2. The molecule has 0 spiro atoms. The zero-order chi connectivity index (χ0) is 17.7. The van der Waals surface area contributed by atoms with Crippen molar-refractivity contribution in [1.29, 1.82) is 0 Å². The van der Waals surface area contributed by atoms with Gasteiger partial charge in [0.2, 0.25) is 0 Å². The van der Waals surface area contributed by atoms with Crippen molar-refractivity contribution < 1.29 is 14.9 Å². The molecule has 0 aliphatic carbocycles. The third-order valence-corrected chi connectivity index (χ3v) is 4.62. The summed E-state index contributed by atoms with van der Waals surface area (Å²) in [6, 6.07) is 17.2. The van der Waals surface area contributed by atoms with E-state index in [1.54, 1.807) is 4.68 Å². The Hall–Kier alpha value is -2.87. The first-order valence-corrected chi connectivity index (χ1v) is 8.41. The molecule has 1 aliphatic rings. The van der Waals surface area contributed by atoms with Gasteiger partial charge in [0.15, 0.2) is 5.65 Å². The van der Waals surface area contributed by atoms with Crippen LogP contribution < -0.4 is 0 Å². The maximum atomic E-state index is 10.3. The van der Waals surface area contributed by atoms with Crippen LogP contribution in [0.3, 0.4) is 0 Å². The standard InChI is InChI=1S/C19H16N4O3/c24-14-10-26-18(17(14)25)15-16-19(21-13-9-5-4-8-12(13)20-16)23(22-15)11-6-2-1-3-7-11/h1-9,14,17-18,24-25H,10H2/t14-,17-,18+/m1/s1. The van der Waals surface area contributed by atoms with Crippen molar-refractivity contribution in [2.75, 3.05) is 6.61 Å². The van der Waals surface area contributed by atoms with E-state index < -0.39 is 18.3 Å². The van der Waals surface area contributed by atoms with Gasteiger partial charge in [-0.25, -0.2) is 14.6 Å². The molecule has 130 valence electrons. The quantitative estimate of drug-likeness (QED) is 0.573. The minimum absolute atomic E-state index is 0.0620. The van der Waals surface area contributed by atoms with Gasteiger partial charge in [-0.3, -0.25) is 0 Å². The van der Waals surface area contributed by atoms with Crippen molar-refractivity contribution in [3.8, 4) is 5.69 Å². The second-order valence-corrected chi connectivity index (χ2v) is 6.33. The largest absolute Gasteiger partial charge is 0.388 e. The smallest absolute Gasteiger partial charge is 0.182 e. The molecule has 1 saturated heterocycles. The number of hydrogen-bond acceptors (Lipinski definition) is 6.